The Labute approximate surface area is 170 Å². The van der Waals surface area contributed by atoms with E-state index in [2.05, 4.69) is 4.74 Å². The Morgan fingerprint density at radius 3 is 2.00 bits per heavy atom. The van der Waals surface area contributed by atoms with Gasteiger partial charge in [0.1, 0.15) is 9.09 Å². The summed E-state index contributed by atoms with van der Waals surface area (Å²) in [6, 6.07) is 3.14. The van der Waals surface area contributed by atoms with Gasteiger partial charge in [-0.3, -0.25) is 4.72 Å². The molecule has 14 heteroatoms. The number of benzene rings is 1. The number of carbonyl (C=O) groups excluding carboxylic acids is 1. The molecule has 2 rings (SSSR count). The number of carbonyl (C=O) groups is 1. The van der Waals surface area contributed by atoms with Crippen LogP contribution in [0.5, 0.6) is 0 Å². The monoisotopic (exact) mass is 477 g/mol. The first-order valence-electron chi connectivity index (χ1n) is 7.72. The average Bonchev–Trinajstić information content (AvgIpc) is 3.01. The van der Waals surface area contributed by atoms with Gasteiger partial charge in [-0.25, -0.2) is 13.2 Å². The summed E-state index contributed by atoms with van der Waals surface area (Å²) in [5, 5.41) is 9.34. The molecular formula is C16H13F6NO5S2. The number of esters is 1. The Morgan fingerprint density at radius 1 is 1.07 bits per heavy atom. The summed E-state index contributed by atoms with van der Waals surface area (Å²) in [6.07, 6.45) is -12.1. The number of hydrogen-bond donors (Lipinski definition) is 2. The highest BCUT2D eigenvalue weighted by Gasteiger charge is 2.71. The van der Waals surface area contributed by atoms with Crippen LogP contribution < -0.4 is 4.72 Å². The Morgan fingerprint density at radius 2 is 1.57 bits per heavy atom. The van der Waals surface area contributed by atoms with Crippen molar-refractivity contribution < 1.29 is 49.4 Å². The molecule has 2 aromatic rings. The molecule has 0 saturated carbocycles. The number of hydrogen-bond acceptors (Lipinski definition) is 6. The van der Waals surface area contributed by atoms with E-state index < -0.39 is 39.5 Å². The van der Waals surface area contributed by atoms with E-state index in [1.807, 2.05) is 4.72 Å². The number of methoxy groups -OCH3 is 1. The Hall–Kier alpha value is -2.32. The third kappa shape index (κ3) is 4.25. The predicted molar refractivity (Wildman–Crippen MR) is 93.7 cm³/mol. The van der Waals surface area contributed by atoms with E-state index in [1.165, 1.54) is 13.0 Å². The van der Waals surface area contributed by atoms with Crippen molar-refractivity contribution in [2.75, 3.05) is 11.8 Å². The zero-order chi connectivity index (χ0) is 23.1. The van der Waals surface area contributed by atoms with Gasteiger partial charge in [0.25, 0.3) is 15.6 Å². The maximum Gasteiger partial charge on any atom is 0.430 e. The maximum absolute atomic E-state index is 12.9. The molecule has 2 N–H and O–H groups in total. The molecule has 0 aliphatic carbocycles. The second-order valence-corrected chi connectivity index (χ2v) is 8.89. The van der Waals surface area contributed by atoms with Crippen molar-refractivity contribution in [3.63, 3.8) is 0 Å². The van der Waals surface area contributed by atoms with Gasteiger partial charge < -0.3 is 9.84 Å². The van der Waals surface area contributed by atoms with Gasteiger partial charge in [0.2, 0.25) is 0 Å². The molecule has 0 bridgehead atoms. The minimum absolute atomic E-state index is 0.0221. The molecule has 0 radical (unpaired) electrons. The van der Waals surface area contributed by atoms with E-state index >= 15 is 0 Å². The van der Waals surface area contributed by atoms with Crippen molar-refractivity contribution in [3.05, 3.63) is 46.3 Å². The highest BCUT2D eigenvalue weighted by Crippen LogP contribution is 2.50. The van der Waals surface area contributed by atoms with Crippen LogP contribution in [-0.4, -0.2) is 39.0 Å². The third-order valence-electron chi connectivity index (χ3n) is 3.88. The molecule has 0 saturated heterocycles. The quantitative estimate of drug-likeness (QED) is 0.503. The summed E-state index contributed by atoms with van der Waals surface area (Å²) in [6.45, 7) is 1.38. The van der Waals surface area contributed by atoms with Gasteiger partial charge in [-0.1, -0.05) is 12.1 Å². The Kier molecular flexibility index (Phi) is 6.18. The Balaban J connectivity index is 2.38. The average molecular weight is 477 g/mol. The predicted octanol–water partition coefficient (Wildman–Crippen LogP) is 3.96. The second-order valence-electron chi connectivity index (χ2n) is 5.96. The Bertz CT molecular complexity index is 1030. The molecule has 0 aliphatic rings. The van der Waals surface area contributed by atoms with E-state index in [4.69, 9.17) is 0 Å². The lowest BCUT2D eigenvalue weighted by atomic mass is 9.92. The zero-order valence-corrected chi connectivity index (χ0v) is 16.7. The molecule has 0 atom stereocenters. The zero-order valence-electron chi connectivity index (χ0n) is 15.1. The molecule has 166 valence electrons. The van der Waals surface area contributed by atoms with Gasteiger partial charge in [-0.05, 0) is 30.7 Å². The fourth-order valence-electron chi connectivity index (χ4n) is 2.40. The smallest absolute Gasteiger partial charge is 0.430 e. The fraction of sp³-hybridized carbons (Fsp3) is 0.312. The molecule has 0 spiro atoms. The first-order chi connectivity index (χ1) is 13.5. The molecule has 30 heavy (non-hydrogen) atoms. The topological polar surface area (TPSA) is 92.7 Å². The van der Waals surface area contributed by atoms with E-state index in [1.54, 1.807) is 0 Å². The van der Waals surface area contributed by atoms with E-state index in [9.17, 15) is 44.7 Å². The first-order valence-corrected chi connectivity index (χ1v) is 10.0. The number of aryl methyl sites for hydroxylation is 1. The molecule has 1 aromatic heterocycles. The van der Waals surface area contributed by atoms with Crippen molar-refractivity contribution in [1.29, 1.82) is 0 Å². The summed E-state index contributed by atoms with van der Waals surface area (Å²) >= 11 is 0.570. The van der Waals surface area contributed by atoms with Gasteiger partial charge in [0.05, 0.1) is 7.11 Å². The van der Waals surface area contributed by atoms with E-state index in [-0.39, 0.29) is 20.3 Å². The number of rotatable bonds is 5. The maximum atomic E-state index is 12.9. The number of halogens is 6. The van der Waals surface area contributed by atoms with Gasteiger partial charge in [-0.15, -0.1) is 11.3 Å². The minimum Gasteiger partial charge on any atom is -0.465 e. The molecule has 1 aromatic carbocycles. The largest absolute Gasteiger partial charge is 0.465 e. The van der Waals surface area contributed by atoms with E-state index in [0.717, 1.165) is 7.11 Å². The van der Waals surface area contributed by atoms with Crippen molar-refractivity contribution in [2.45, 2.75) is 29.1 Å². The number of nitrogens with one attached hydrogen (secondary N) is 1. The summed E-state index contributed by atoms with van der Waals surface area (Å²) in [7, 11) is -3.22. The normalized spacial score (nSPS) is 13.2. The van der Waals surface area contributed by atoms with Crippen molar-refractivity contribution in [1.82, 2.24) is 0 Å². The van der Waals surface area contributed by atoms with Crippen LogP contribution in [0.1, 0.15) is 20.8 Å². The van der Waals surface area contributed by atoms with Crippen molar-refractivity contribution >= 4 is 33.0 Å². The lowest BCUT2D eigenvalue weighted by molar-refractivity contribution is -0.376. The minimum atomic E-state index is -6.06. The van der Waals surface area contributed by atoms with Crippen LogP contribution in [0.4, 0.5) is 32.0 Å². The lowest BCUT2D eigenvalue weighted by Crippen LogP contribution is -2.53. The van der Waals surface area contributed by atoms with Crippen LogP contribution in [0.3, 0.4) is 0 Å². The number of alkyl halides is 6. The number of aliphatic hydroxyl groups is 1. The standard InChI is InChI=1S/C16H13F6NO5S2/c1-8-7-11(12(24)28-2)29-13(8)30(26,27)23-10-5-3-9(4-6-10)14(25,15(17,18)19)16(20,21)22/h3-7,23,25H,1-2H3. The molecule has 1 heterocycles. The number of thiophene rings is 1. The molecule has 0 fully saturated rings. The first kappa shape index (κ1) is 24.0. The molecular weight excluding hydrogens is 464 g/mol. The summed E-state index contributed by atoms with van der Waals surface area (Å²) in [5.74, 6) is -0.785. The van der Waals surface area contributed by atoms with Gasteiger partial charge in [0.15, 0.2) is 0 Å². The molecule has 0 unspecified atom stereocenters. The SMILES string of the molecule is COC(=O)c1cc(C)c(S(=O)(=O)Nc2ccc(C(O)(C(F)(F)F)C(F)(F)F)cc2)s1. The van der Waals surface area contributed by atoms with Crippen LogP contribution in [0.25, 0.3) is 0 Å². The van der Waals surface area contributed by atoms with Gasteiger partial charge >= 0.3 is 18.3 Å². The van der Waals surface area contributed by atoms with Crippen LogP contribution in [-0.2, 0) is 20.4 Å². The molecule has 6 nitrogen and oxygen atoms in total. The van der Waals surface area contributed by atoms with Crippen molar-refractivity contribution in [2.24, 2.45) is 0 Å². The highest BCUT2D eigenvalue weighted by atomic mass is 32.2. The van der Waals surface area contributed by atoms with Gasteiger partial charge in [-0.2, -0.15) is 26.3 Å². The summed E-state index contributed by atoms with van der Waals surface area (Å²) in [4.78, 5) is 11.5. The number of anilines is 1. The summed E-state index contributed by atoms with van der Waals surface area (Å²) in [5.41, 5.74) is -6.85. The summed E-state index contributed by atoms with van der Waals surface area (Å²) < 4.78 is 109. The van der Waals surface area contributed by atoms with Crippen LogP contribution in [0.15, 0.2) is 34.5 Å². The third-order valence-corrected chi connectivity index (χ3v) is 7.11. The van der Waals surface area contributed by atoms with Crippen LogP contribution in [0.2, 0.25) is 0 Å². The van der Waals surface area contributed by atoms with Gasteiger partial charge in [0, 0.05) is 11.3 Å². The van der Waals surface area contributed by atoms with E-state index in [0.29, 0.717) is 35.6 Å². The highest BCUT2D eigenvalue weighted by molar-refractivity contribution is 7.94. The molecule has 0 aliphatic heterocycles. The fourth-order valence-corrected chi connectivity index (χ4v) is 5.08. The van der Waals surface area contributed by atoms with Crippen LogP contribution >= 0.6 is 11.3 Å². The number of sulfonamides is 1. The second kappa shape index (κ2) is 7.74. The van der Waals surface area contributed by atoms with Crippen molar-refractivity contribution in [3.8, 4) is 0 Å². The molecule has 0 amide bonds. The van der Waals surface area contributed by atoms with Crippen LogP contribution in [0, 0.1) is 6.92 Å². The lowest BCUT2D eigenvalue weighted by Gasteiger charge is -2.32. The number of ether oxygens (including phenoxy) is 1.